The Morgan fingerprint density at radius 1 is 1.17 bits per heavy atom. The maximum absolute atomic E-state index is 11.5. The lowest BCUT2D eigenvalue weighted by Gasteiger charge is -2.20. The quantitative estimate of drug-likeness (QED) is 0.594. The van der Waals surface area contributed by atoms with Gasteiger partial charge >= 0.3 is 5.97 Å². The van der Waals surface area contributed by atoms with Crippen molar-refractivity contribution in [2.45, 2.75) is 32.1 Å². The third-order valence-corrected chi connectivity index (χ3v) is 3.40. The molecule has 0 spiro atoms. The monoisotopic (exact) mass is 244 g/mol. The van der Waals surface area contributed by atoms with Gasteiger partial charge < -0.3 is 4.74 Å². The van der Waals surface area contributed by atoms with E-state index in [-0.39, 0.29) is 5.97 Å². The minimum atomic E-state index is -0.232. The van der Waals surface area contributed by atoms with E-state index in [2.05, 4.69) is 0 Å². The predicted molar refractivity (Wildman–Crippen MR) is 73.0 cm³/mol. The second kappa shape index (κ2) is 7.00. The van der Waals surface area contributed by atoms with Crippen LogP contribution in [0.3, 0.4) is 0 Å². The number of benzene rings is 1. The Balaban J connectivity index is 1.73. The second-order valence-electron chi connectivity index (χ2n) is 4.88. The predicted octanol–water partition coefficient (Wildman–Crippen LogP) is 3.82. The molecule has 1 aliphatic rings. The average Bonchev–Trinajstić information content (AvgIpc) is 2.45. The fraction of sp³-hybridized carbons (Fsp3) is 0.438. The topological polar surface area (TPSA) is 26.3 Å². The fourth-order valence-corrected chi connectivity index (χ4v) is 2.33. The summed E-state index contributed by atoms with van der Waals surface area (Å²) in [4.78, 5) is 11.5. The van der Waals surface area contributed by atoms with Crippen molar-refractivity contribution in [2.24, 2.45) is 5.92 Å². The number of carbonyl (C=O) groups excluding carboxylic acids is 1. The maximum Gasteiger partial charge on any atom is 0.330 e. The molecule has 0 unspecified atom stereocenters. The van der Waals surface area contributed by atoms with E-state index in [1.54, 1.807) is 6.08 Å². The maximum atomic E-state index is 11.5. The molecule has 96 valence electrons. The van der Waals surface area contributed by atoms with Crippen molar-refractivity contribution in [1.29, 1.82) is 0 Å². The molecule has 2 rings (SSSR count). The van der Waals surface area contributed by atoms with Gasteiger partial charge in [-0.25, -0.2) is 4.79 Å². The molecule has 0 heterocycles. The standard InChI is InChI=1S/C16H20O2/c17-16(12-11-14-7-3-1-4-8-14)18-13-15-9-5-2-6-10-15/h1,3-4,7-8,11-12,15H,2,5-6,9-10,13H2/b12-11+. The Morgan fingerprint density at radius 3 is 2.61 bits per heavy atom. The van der Waals surface area contributed by atoms with Crippen molar-refractivity contribution in [1.82, 2.24) is 0 Å². The molecular formula is C16H20O2. The van der Waals surface area contributed by atoms with Crippen LogP contribution >= 0.6 is 0 Å². The van der Waals surface area contributed by atoms with E-state index in [0.29, 0.717) is 12.5 Å². The van der Waals surface area contributed by atoms with Gasteiger partial charge in [-0.1, -0.05) is 49.6 Å². The summed E-state index contributed by atoms with van der Waals surface area (Å²) >= 11 is 0. The largest absolute Gasteiger partial charge is 0.462 e. The van der Waals surface area contributed by atoms with E-state index < -0.39 is 0 Å². The molecule has 1 fully saturated rings. The van der Waals surface area contributed by atoms with Crippen LogP contribution in [-0.2, 0) is 9.53 Å². The van der Waals surface area contributed by atoms with Gasteiger partial charge in [-0.3, -0.25) is 0 Å². The summed E-state index contributed by atoms with van der Waals surface area (Å²) in [6.07, 6.45) is 9.61. The summed E-state index contributed by atoms with van der Waals surface area (Å²) in [5.41, 5.74) is 1.02. The van der Waals surface area contributed by atoms with E-state index in [0.717, 1.165) is 5.56 Å². The lowest BCUT2D eigenvalue weighted by atomic mass is 9.90. The van der Waals surface area contributed by atoms with Crippen molar-refractivity contribution in [2.75, 3.05) is 6.61 Å². The highest BCUT2D eigenvalue weighted by Crippen LogP contribution is 2.23. The van der Waals surface area contributed by atoms with E-state index in [4.69, 9.17) is 4.74 Å². The first kappa shape index (κ1) is 12.9. The first-order valence-corrected chi connectivity index (χ1v) is 6.74. The van der Waals surface area contributed by atoms with Gasteiger partial charge in [-0.15, -0.1) is 0 Å². The van der Waals surface area contributed by atoms with Crippen LogP contribution in [0, 0.1) is 5.92 Å². The number of hydrogen-bond donors (Lipinski definition) is 0. The number of ether oxygens (including phenoxy) is 1. The van der Waals surface area contributed by atoms with Crippen LogP contribution in [-0.4, -0.2) is 12.6 Å². The molecule has 0 aromatic heterocycles. The number of esters is 1. The molecule has 2 nitrogen and oxygen atoms in total. The molecule has 1 saturated carbocycles. The minimum Gasteiger partial charge on any atom is -0.462 e. The van der Waals surface area contributed by atoms with Crippen LogP contribution in [0.15, 0.2) is 36.4 Å². The van der Waals surface area contributed by atoms with Gasteiger partial charge in [0.15, 0.2) is 0 Å². The van der Waals surface area contributed by atoms with E-state index in [1.807, 2.05) is 30.3 Å². The molecule has 1 aromatic carbocycles. The van der Waals surface area contributed by atoms with Crippen molar-refractivity contribution in [3.8, 4) is 0 Å². The van der Waals surface area contributed by atoms with Gasteiger partial charge in [0.1, 0.15) is 0 Å². The zero-order valence-corrected chi connectivity index (χ0v) is 10.7. The van der Waals surface area contributed by atoms with Crippen LogP contribution in [0.25, 0.3) is 6.08 Å². The molecular weight excluding hydrogens is 224 g/mol. The smallest absolute Gasteiger partial charge is 0.330 e. The molecule has 18 heavy (non-hydrogen) atoms. The SMILES string of the molecule is O=C(/C=C/c1ccccc1)OCC1CCCCC1. The summed E-state index contributed by atoms with van der Waals surface area (Å²) in [5, 5.41) is 0. The summed E-state index contributed by atoms with van der Waals surface area (Å²) in [6.45, 7) is 0.581. The summed E-state index contributed by atoms with van der Waals surface area (Å²) in [6, 6.07) is 9.79. The number of hydrogen-bond acceptors (Lipinski definition) is 2. The molecule has 2 heteroatoms. The molecule has 0 amide bonds. The highest BCUT2D eigenvalue weighted by molar-refractivity contribution is 5.87. The lowest BCUT2D eigenvalue weighted by molar-refractivity contribution is -0.139. The van der Waals surface area contributed by atoms with Crippen molar-refractivity contribution < 1.29 is 9.53 Å². The Labute approximate surface area is 109 Å². The summed E-state index contributed by atoms with van der Waals surface area (Å²) in [5.74, 6) is 0.345. The first-order chi connectivity index (χ1) is 8.84. The average molecular weight is 244 g/mol. The van der Waals surface area contributed by atoms with Crippen LogP contribution in [0.4, 0.5) is 0 Å². The van der Waals surface area contributed by atoms with Crippen LogP contribution < -0.4 is 0 Å². The lowest BCUT2D eigenvalue weighted by Crippen LogP contribution is -2.15. The van der Waals surface area contributed by atoms with Crippen LogP contribution in [0.2, 0.25) is 0 Å². The molecule has 0 bridgehead atoms. The van der Waals surface area contributed by atoms with E-state index in [1.165, 1.54) is 38.2 Å². The van der Waals surface area contributed by atoms with Gasteiger partial charge in [-0.05, 0) is 30.4 Å². The summed E-state index contributed by atoms with van der Waals surface area (Å²) < 4.78 is 5.28. The van der Waals surface area contributed by atoms with Gasteiger partial charge in [0, 0.05) is 6.08 Å². The van der Waals surface area contributed by atoms with Gasteiger partial charge in [-0.2, -0.15) is 0 Å². The van der Waals surface area contributed by atoms with Crippen LogP contribution in [0.5, 0.6) is 0 Å². The van der Waals surface area contributed by atoms with Crippen molar-refractivity contribution in [3.05, 3.63) is 42.0 Å². The number of carbonyl (C=O) groups is 1. The van der Waals surface area contributed by atoms with Gasteiger partial charge in [0.05, 0.1) is 6.61 Å². The van der Waals surface area contributed by atoms with Crippen LogP contribution in [0.1, 0.15) is 37.7 Å². The molecule has 1 aromatic rings. The van der Waals surface area contributed by atoms with E-state index in [9.17, 15) is 4.79 Å². The minimum absolute atomic E-state index is 0.232. The third-order valence-electron chi connectivity index (χ3n) is 3.40. The highest BCUT2D eigenvalue weighted by atomic mass is 16.5. The van der Waals surface area contributed by atoms with Crippen molar-refractivity contribution >= 4 is 12.0 Å². The van der Waals surface area contributed by atoms with E-state index >= 15 is 0 Å². The zero-order valence-electron chi connectivity index (χ0n) is 10.7. The molecule has 0 N–H and O–H groups in total. The Kier molecular flexibility index (Phi) is 5.00. The Bertz CT molecular complexity index is 389. The van der Waals surface area contributed by atoms with Gasteiger partial charge in [0.25, 0.3) is 0 Å². The first-order valence-electron chi connectivity index (χ1n) is 6.74. The second-order valence-corrected chi connectivity index (χ2v) is 4.88. The molecule has 0 aliphatic heterocycles. The summed E-state index contributed by atoms with van der Waals surface area (Å²) in [7, 11) is 0. The Morgan fingerprint density at radius 2 is 1.89 bits per heavy atom. The molecule has 0 atom stereocenters. The Hall–Kier alpha value is -1.57. The number of rotatable bonds is 4. The van der Waals surface area contributed by atoms with Crippen molar-refractivity contribution in [3.63, 3.8) is 0 Å². The third kappa shape index (κ3) is 4.36. The molecule has 0 radical (unpaired) electrons. The fourth-order valence-electron chi connectivity index (χ4n) is 2.33. The molecule has 0 saturated heterocycles. The zero-order chi connectivity index (χ0) is 12.6. The van der Waals surface area contributed by atoms with Gasteiger partial charge in [0.2, 0.25) is 0 Å². The normalized spacial score (nSPS) is 16.9. The highest BCUT2D eigenvalue weighted by Gasteiger charge is 2.14. The molecule has 1 aliphatic carbocycles.